The van der Waals surface area contributed by atoms with Crippen LogP contribution in [0.15, 0.2) is 24.3 Å². The minimum Gasteiger partial charge on any atom is -0.393 e. The van der Waals surface area contributed by atoms with E-state index in [-0.39, 0.29) is 17.9 Å². The minimum absolute atomic E-state index is 0.0697. The van der Waals surface area contributed by atoms with Gasteiger partial charge in [0.05, 0.1) is 11.9 Å². The molecule has 0 radical (unpaired) electrons. The van der Waals surface area contributed by atoms with E-state index in [9.17, 15) is 13.5 Å². The number of aliphatic hydroxyl groups is 1. The maximum absolute atomic E-state index is 11.5. The third-order valence-electron chi connectivity index (χ3n) is 4.25. The van der Waals surface area contributed by atoms with E-state index in [1.165, 1.54) is 0 Å². The molecular weight excluding hydrogens is 300 g/mol. The average molecular weight is 326 g/mol. The Kier molecular flexibility index (Phi) is 5.83. The van der Waals surface area contributed by atoms with E-state index in [0.29, 0.717) is 11.7 Å². The smallest absolute Gasteiger partial charge is 0.232 e. The molecule has 1 aromatic carbocycles. The van der Waals surface area contributed by atoms with Gasteiger partial charge in [-0.3, -0.25) is 4.72 Å². The van der Waals surface area contributed by atoms with Crippen molar-refractivity contribution >= 4 is 15.7 Å². The predicted octanol–water partition coefficient (Wildman–Crippen LogP) is 2.40. The van der Waals surface area contributed by atoms with Crippen LogP contribution in [0.5, 0.6) is 0 Å². The van der Waals surface area contributed by atoms with Gasteiger partial charge in [-0.25, -0.2) is 8.42 Å². The number of benzene rings is 1. The van der Waals surface area contributed by atoms with Gasteiger partial charge >= 0.3 is 0 Å². The summed E-state index contributed by atoms with van der Waals surface area (Å²) < 4.78 is 25.6. The van der Waals surface area contributed by atoms with Gasteiger partial charge in [-0.15, -0.1) is 0 Å². The second-order valence-electron chi connectivity index (χ2n) is 6.02. The maximum atomic E-state index is 11.5. The third kappa shape index (κ3) is 4.97. The number of nitrogens with one attached hydrogen (secondary N) is 2. The fraction of sp³-hybridized carbons (Fsp3) is 0.625. The van der Waals surface area contributed by atoms with E-state index >= 15 is 0 Å². The van der Waals surface area contributed by atoms with Gasteiger partial charge < -0.3 is 10.4 Å². The first kappa shape index (κ1) is 17.2. The van der Waals surface area contributed by atoms with Crippen LogP contribution in [0.25, 0.3) is 0 Å². The second kappa shape index (κ2) is 7.44. The molecule has 1 aromatic rings. The van der Waals surface area contributed by atoms with E-state index in [1.807, 2.05) is 12.1 Å². The van der Waals surface area contributed by atoms with Crippen LogP contribution in [-0.4, -0.2) is 31.4 Å². The monoisotopic (exact) mass is 326 g/mol. The number of hydrogen-bond acceptors (Lipinski definition) is 4. The molecule has 0 bridgehead atoms. The molecular formula is C16H26N2O3S. The summed E-state index contributed by atoms with van der Waals surface area (Å²) in [6, 6.07) is 8.14. The van der Waals surface area contributed by atoms with Gasteiger partial charge in [-0.2, -0.15) is 0 Å². The molecule has 0 amide bonds. The van der Waals surface area contributed by atoms with Crippen molar-refractivity contribution in [2.24, 2.45) is 0 Å². The molecule has 1 atom stereocenters. The molecule has 0 heterocycles. The summed E-state index contributed by atoms with van der Waals surface area (Å²) in [5.41, 5.74) is 1.73. The molecule has 1 fully saturated rings. The average Bonchev–Trinajstić information content (AvgIpc) is 2.50. The molecule has 5 nitrogen and oxygen atoms in total. The molecule has 0 saturated heterocycles. The number of sulfonamides is 1. The molecule has 1 unspecified atom stereocenters. The Balaban J connectivity index is 1.92. The highest BCUT2D eigenvalue weighted by Crippen LogP contribution is 2.23. The van der Waals surface area contributed by atoms with Gasteiger partial charge in [0.15, 0.2) is 0 Å². The molecule has 0 aliphatic heterocycles. The molecule has 0 spiro atoms. The largest absolute Gasteiger partial charge is 0.393 e. The van der Waals surface area contributed by atoms with E-state index < -0.39 is 10.0 Å². The highest BCUT2D eigenvalue weighted by Gasteiger charge is 2.20. The zero-order chi connectivity index (χ0) is 16.2. The Morgan fingerprint density at radius 1 is 1.18 bits per heavy atom. The number of rotatable bonds is 6. The zero-order valence-corrected chi connectivity index (χ0v) is 14.1. The number of hydrogen-bond donors (Lipinski definition) is 3. The topological polar surface area (TPSA) is 78.4 Å². The van der Waals surface area contributed by atoms with Gasteiger partial charge in [-0.1, -0.05) is 12.1 Å². The van der Waals surface area contributed by atoms with E-state index in [2.05, 4.69) is 17.0 Å². The number of anilines is 1. The fourth-order valence-corrected chi connectivity index (χ4v) is 3.42. The van der Waals surface area contributed by atoms with Crippen molar-refractivity contribution in [2.45, 2.75) is 57.7 Å². The van der Waals surface area contributed by atoms with Crippen molar-refractivity contribution in [1.29, 1.82) is 0 Å². The highest BCUT2D eigenvalue weighted by atomic mass is 32.2. The molecule has 124 valence electrons. The van der Waals surface area contributed by atoms with Crippen LogP contribution in [0.1, 0.15) is 51.1 Å². The highest BCUT2D eigenvalue weighted by molar-refractivity contribution is 7.92. The fourth-order valence-electron chi connectivity index (χ4n) is 2.78. The molecule has 1 saturated carbocycles. The number of aliphatic hydroxyl groups excluding tert-OH is 1. The maximum Gasteiger partial charge on any atom is 0.232 e. The van der Waals surface area contributed by atoms with Crippen molar-refractivity contribution in [3.8, 4) is 0 Å². The lowest BCUT2D eigenvalue weighted by Crippen LogP contribution is -2.36. The summed E-state index contributed by atoms with van der Waals surface area (Å²) in [4.78, 5) is 0. The van der Waals surface area contributed by atoms with Gasteiger partial charge in [0.25, 0.3) is 0 Å². The van der Waals surface area contributed by atoms with E-state index in [4.69, 9.17) is 0 Å². The summed E-state index contributed by atoms with van der Waals surface area (Å²) in [5, 5.41) is 13.1. The Bertz CT molecular complexity index is 564. The Morgan fingerprint density at radius 2 is 1.77 bits per heavy atom. The van der Waals surface area contributed by atoms with Gasteiger partial charge in [0.1, 0.15) is 0 Å². The van der Waals surface area contributed by atoms with Crippen molar-refractivity contribution in [3.05, 3.63) is 29.8 Å². The van der Waals surface area contributed by atoms with Crippen LogP contribution in [0.4, 0.5) is 5.69 Å². The van der Waals surface area contributed by atoms with Crippen LogP contribution >= 0.6 is 0 Å². The van der Waals surface area contributed by atoms with Gasteiger partial charge in [0.2, 0.25) is 10.0 Å². The summed E-state index contributed by atoms with van der Waals surface area (Å²) in [7, 11) is -3.22. The standard InChI is InChI=1S/C16H26N2O3S/c1-3-22(20,21)18-15-6-4-13(5-7-15)12(2)17-14-8-10-16(19)11-9-14/h4-7,12,14,16-19H,3,8-11H2,1-2H3. The minimum atomic E-state index is -3.22. The first-order valence-electron chi connectivity index (χ1n) is 7.94. The summed E-state index contributed by atoms with van der Waals surface area (Å²) >= 11 is 0. The van der Waals surface area contributed by atoms with Crippen molar-refractivity contribution in [1.82, 2.24) is 5.32 Å². The van der Waals surface area contributed by atoms with Gasteiger partial charge in [-0.05, 0) is 57.2 Å². The molecule has 6 heteroatoms. The van der Waals surface area contributed by atoms with Crippen LogP contribution in [0.2, 0.25) is 0 Å². The Hall–Kier alpha value is -1.11. The van der Waals surface area contributed by atoms with Crippen LogP contribution in [-0.2, 0) is 10.0 Å². The quantitative estimate of drug-likeness (QED) is 0.750. The van der Waals surface area contributed by atoms with Crippen LogP contribution in [0.3, 0.4) is 0 Å². The lowest BCUT2D eigenvalue weighted by molar-refractivity contribution is 0.114. The lowest BCUT2D eigenvalue weighted by Gasteiger charge is -2.29. The molecule has 1 aliphatic rings. The first-order chi connectivity index (χ1) is 10.4. The molecule has 1 aliphatic carbocycles. The van der Waals surface area contributed by atoms with E-state index in [1.54, 1.807) is 19.1 Å². The molecule has 22 heavy (non-hydrogen) atoms. The molecule has 3 N–H and O–H groups in total. The van der Waals surface area contributed by atoms with Crippen LogP contribution in [0, 0.1) is 0 Å². The second-order valence-corrected chi connectivity index (χ2v) is 8.03. The Labute approximate surface area is 133 Å². The van der Waals surface area contributed by atoms with E-state index in [0.717, 1.165) is 31.2 Å². The summed E-state index contributed by atoms with van der Waals surface area (Å²) in [5.74, 6) is 0.0697. The predicted molar refractivity (Wildman–Crippen MR) is 89.3 cm³/mol. The van der Waals surface area contributed by atoms with Crippen LogP contribution < -0.4 is 10.0 Å². The first-order valence-corrected chi connectivity index (χ1v) is 9.59. The van der Waals surface area contributed by atoms with Crippen molar-refractivity contribution in [3.63, 3.8) is 0 Å². The molecule has 2 rings (SSSR count). The van der Waals surface area contributed by atoms with Crippen molar-refractivity contribution < 1.29 is 13.5 Å². The Morgan fingerprint density at radius 3 is 2.32 bits per heavy atom. The lowest BCUT2D eigenvalue weighted by atomic mass is 9.92. The van der Waals surface area contributed by atoms with Crippen molar-refractivity contribution in [2.75, 3.05) is 10.5 Å². The third-order valence-corrected chi connectivity index (χ3v) is 5.55. The summed E-state index contributed by atoms with van der Waals surface area (Å²) in [6.45, 7) is 3.72. The zero-order valence-electron chi connectivity index (χ0n) is 13.2. The normalized spacial score (nSPS) is 24.0. The van der Waals surface area contributed by atoms with Gasteiger partial charge in [0, 0.05) is 17.8 Å². The SMILES string of the molecule is CCS(=O)(=O)Nc1ccc(C(C)NC2CCC(O)CC2)cc1. The molecule has 0 aromatic heterocycles. The summed E-state index contributed by atoms with van der Waals surface area (Å²) in [6.07, 6.45) is 3.59.